The minimum atomic E-state index is -3.66. The van der Waals surface area contributed by atoms with E-state index in [0.717, 1.165) is 11.3 Å². The molecule has 4 nitrogen and oxygen atoms in total. The number of aromatic nitrogens is 2. The topological polar surface area (TPSA) is 59.9 Å². The highest BCUT2D eigenvalue weighted by molar-refractivity contribution is 8.13. The van der Waals surface area contributed by atoms with Crippen LogP contribution in [0.5, 0.6) is 0 Å². The van der Waals surface area contributed by atoms with Crippen molar-refractivity contribution in [2.75, 3.05) is 0 Å². The van der Waals surface area contributed by atoms with Gasteiger partial charge in [0.05, 0.1) is 10.6 Å². The van der Waals surface area contributed by atoms with Gasteiger partial charge in [-0.25, -0.2) is 18.4 Å². The van der Waals surface area contributed by atoms with Crippen LogP contribution in [0.25, 0.3) is 11.3 Å². The third kappa shape index (κ3) is 2.37. The molecule has 6 heteroatoms. The molecule has 2 aromatic rings. The number of rotatable bonds is 2. The summed E-state index contributed by atoms with van der Waals surface area (Å²) in [4.78, 5) is 7.92. The van der Waals surface area contributed by atoms with E-state index in [1.165, 1.54) is 18.5 Å². The lowest BCUT2D eigenvalue weighted by atomic mass is 10.1. The van der Waals surface area contributed by atoms with Gasteiger partial charge in [-0.2, -0.15) is 0 Å². The maximum absolute atomic E-state index is 11.0. The van der Waals surface area contributed by atoms with Crippen LogP contribution in [0.2, 0.25) is 0 Å². The van der Waals surface area contributed by atoms with Crippen LogP contribution in [-0.4, -0.2) is 18.4 Å². The Bertz CT molecular complexity index is 582. The van der Waals surface area contributed by atoms with E-state index in [0.29, 0.717) is 0 Å². The average Bonchev–Trinajstić information content (AvgIpc) is 2.29. The van der Waals surface area contributed by atoms with Crippen LogP contribution in [0.1, 0.15) is 0 Å². The van der Waals surface area contributed by atoms with Crippen molar-refractivity contribution in [3.63, 3.8) is 0 Å². The van der Waals surface area contributed by atoms with Crippen molar-refractivity contribution in [3.8, 4) is 11.3 Å². The average molecular weight is 255 g/mol. The van der Waals surface area contributed by atoms with E-state index >= 15 is 0 Å². The van der Waals surface area contributed by atoms with Gasteiger partial charge in [0, 0.05) is 22.4 Å². The normalized spacial score (nSPS) is 11.3. The Morgan fingerprint density at radius 3 is 2.25 bits per heavy atom. The molecule has 0 radical (unpaired) electrons. The Kier molecular flexibility index (Phi) is 2.89. The molecular weight excluding hydrogens is 248 g/mol. The molecule has 82 valence electrons. The second-order valence-electron chi connectivity index (χ2n) is 3.06. The van der Waals surface area contributed by atoms with Crippen molar-refractivity contribution < 1.29 is 8.42 Å². The molecule has 0 saturated heterocycles. The molecule has 0 aliphatic heterocycles. The lowest BCUT2D eigenvalue weighted by Crippen LogP contribution is -1.90. The van der Waals surface area contributed by atoms with Gasteiger partial charge < -0.3 is 0 Å². The largest absolute Gasteiger partial charge is 0.261 e. The molecule has 0 amide bonds. The highest BCUT2D eigenvalue weighted by Gasteiger charge is 2.09. The lowest BCUT2D eigenvalue weighted by Gasteiger charge is -2.00. The minimum absolute atomic E-state index is 0.0759. The van der Waals surface area contributed by atoms with Crippen LogP contribution in [-0.2, 0) is 9.05 Å². The summed E-state index contributed by atoms with van der Waals surface area (Å²) < 4.78 is 22.0. The van der Waals surface area contributed by atoms with Gasteiger partial charge in [-0.05, 0) is 18.2 Å². The second-order valence-corrected chi connectivity index (χ2v) is 5.62. The Balaban J connectivity index is 2.41. The molecule has 0 N–H and O–H groups in total. The molecular formula is C10H7ClN2O2S. The van der Waals surface area contributed by atoms with Gasteiger partial charge in [0.1, 0.15) is 6.33 Å². The molecule has 0 saturated carbocycles. The third-order valence-corrected chi connectivity index (χ3v) is 3.38. The van der Waals surface area contributed by atoms with Gasteiger partial charge in [-0.1, -0.05) is 12.1 Å². The predicted molar refractivity (Wildman–Crippen MR) is 60.5 cm³/mol. The molecule has 2 rings (SSSR count). The van der Waals surface area contributed by atoms with Crippen LogP contribution in [0.3, 0.4) is 0 Å². The van der Waals surface area contributed by atoms with E-state index in [9.17, 15) is 8.42 Å². The van der Waals surface area contributed by atoms with Crippen LogP contribution < -0.4 is 0 Å². The van der Waals surface area contributed by atoms with Crippen LogP contribution >= 0.6 is 10.7 Å². The maximum Gasteiger partial charge on any atom is 0.261 e. The molecule has 1 heterocycles. The first-order valence-electron chi connectivity index (χ1n) is 4.38. The fourth-order valence-electron chi connectivity index (χ4n) is 1.25. The molecule has 0 spiro atoms. The number of halogens is 1. The molecule has 0 aliphatic carbocycles. The molecule has 0 bridgehead atoms. The standard InChI is InChI=1S/C10H7ClN2O2S/c11-16(14,15)9-3-1-8(2-4-9)10-5-6-12-7-13-10/h1-7H. The molecule has 0 fully saturated rings. The fourth-order valence-corrected chi connectivity index (χ4v) is 2.02. The van der Waals surface area contributed by atoms with Gasteiger partial charge in [0.2, 0.25) is 0 Å². The van der Waals surface area contributed by atoms with E-state index < -0.39 is 9.05 Å². The van der Waals surface area contributed by atoms with E-state index in [-0.39, 0.29) is 4.90 Å². The summed E-state index contributed by atoms with van der Waals surface area (Å²) in [6.07, 6.45) is 3.05. The second kappa shape index (κ2) is 4.19. The van der Waals surface area contributed by atoms with Crippen LogP contribution in [0, 0.1) is 0 Å². The Morgan fingerprint density at radius 2 is 1.75 bits per heavy atom. The van der Waals surface area contributed by atoms with Crippen molar-refractivity contribution in [3.05, 3.63) is 42.9 Å². The van der Waals surface area contributed by atoms with E-state index in [2.05, 4.69) is 9.97 Å². The van der Waals surface area contributed by atoms with Crippen molar-refractivity contribution in [2.45, 2.75) is 4.90 Å². The molecule has 0 unspecified atom stereocenters. The summed E-state index contributed by atoms with van der Waals surface area (Å²) in [6, 6.07) is 7.93. The van der Waals surface area contributed by atoms with Crippen molar-refractivity contribution in [2.24, 2.45) is 0 Å². The Labute approximate surface area is 97.4 Å². The number of hydrogen-bond acceptors (Lipinski definition) is 4. The molecule has 0 atom stereocenters. The van der Waals surface area contributed by atoms with Crippen LogP contribution in [0.4, 0.5) is 0 Å². The fraction of sp³-hybridized carbons (Fsp3) is 0. The first-order chi connectivity index (χ1) is 7.57. The monoisotopic (exact) mass is 254 g/mol. The summed E-state index contributed by atoms with van der Waals surface area (Å²) >= 11 is 0. The molecule has 1 aromatic heterocycles. The van der Waals surface area contributed by atoms with E-state index in [1.807, 2.05) is 0 Å². The zero-order chi connectivity index (χ0) is 11.6. The quantitative estimate of drug-likeness (QED) is 0.770. The maximum atomic E-state index is 11.0. The van der Waals surface area contributed by atoms with Crippen molar-refractivity contribution in [1.29, 1.82) is 0 Å². The zero-order valence-corrected chi connectivity index (χ0v) is 9.61. The van der Waals surface area contributed by atoms with Crippen molar-refractivity contribution >= 4 is 19.7 Å². The summed E-state index contributed by atoms with van der Waals surface area (Å²) in [7, 11) is 1.54. The Morgan fingerprint density at radius 1 is 1.06 bits per heavy atom. The SMILES string of the molecule is O=S(=O)(Cl)c1ccc(-c2ccncn2)cc1. The summed E-state index contributed by atoms with van der Waals surface area (Å²) in [5.41, 5.74) is 1.54. The number of hydrogen-bond donors (Lipinski definition) is 0. The van der Waals surface area contributed by atoms with Gasteiger partial charge in [0.15, 0.2) is 0 Å². The first kappa shape index (κ1) is 11.0. The smallest absolute Gasteiger partial charge is 0.245 e. The zero-order valence-electron chi connectivity index (χ0n) is 8.04. The molecule has 0 aliphatic rings. The number of benzene rings is 1. The van der Waals surface area contributed by atoms with Crippen molar-refractivity contribution in [1.82, 2.24) is 9.97 Å². The molecule has 1 aromatic carbocycles. The summed E-state index contributed by atoms with van der Waals surface area (Å²) in [5.74, 6) is 0. The number of nitrogens with zero attached hydrogens (tertiary/aromatic N) is 2. The van der Waals surface area contributed by atoms with Gasteiger partial charge in [-0.3, -0.25) is 0 Å². The molecule has 16 heavy (non-hydrogen) atoms. The van der Waals surface area contributed by atoms with Gasteiger partial charge in [-0.15, -0.1) is 0 Å². The lowest BCUT2D eigenvalue weighted by molar-refractivity contribution is 0.609. The van der Waals surface area contributed by atoms with Crippen LogP contribution in [0.15, 0.2) is 47.8 Å². The van der Waals surface area contributed by atoms with Gasteiger partial charge in [0.25, 0.3) is 9.05 Å². The minimum Gasteiger partial charge on any atom is -0.245 e. The first-order valence-corrected chi connectivity index (χ1v) is 6.69. The highest BCUT2D eigenvalue weighted by atomic mass is 35.7. The summed E-state index contributed by atoms with van der Waals surface area (Å²) in [5, 5.41) is 0. The third-order valence-electron chi connectivity index (χ3n) is 2.01. The summed E-state index contributed by atoms with van der Waals surface area (Å²) in [6.45, 7) is 0. The predicted octanol–water partition coefficient (Wildman–Crippen LogP) is 2.07. The van der Waals surface area contributed by atoms with Gasteiger partial charge >= 0.3 is 0 Å². The van der Waals surface area contributed by atoms with E-state index in [4.69, 9.17) is 10.7 Å². The Hall–Kier alpha value is -1.46. The van der Waals surface area contributed by atoms with E-state index in [1.54, 1.807) is 24.4 Å². The highest BCUT2D eigenvalue weighted by Crippen LogP contribution is 2.20.